The number of sulfone groups is 1. The predicted octanol–water partition coefficient (Wildman–Crippen LogP) is 4.94. The largest absolute Gasteiger partial charge is 0.416 e. The summed E-state index contributed by atoms with van der Waals surface area (Å²) in [6, 6.07) is 9.82. The molecule has 2 heterocycles. The summed E-state index contributed by atoms with van der Waals surface area (Å²) in [5.74, 6) is 0.284. The van der Waals surface area contributed by atoms with Crippen LogP contribution in [0.2, 0.25) is 5.02 Å². The number of hydrogen-bond donors (Lipinski definition) is 0. The Hall–Kier alpha value is -1.71. The molecule has 4 rings (SSSR count). The third-order valence-corrected chi connectivity index (χ3v) is 8.29. The van der Waals surface area contributed by atoms with E-state index in [4.69, 9.17) is 11.6 Å². The molecule has 0 radical (unpaired) electrons. The number of thioether (sulfide) groups is 1. The number of amidine groups is 1. The van der Waals surface area contributed by atoms with E-state index >= 15 is 0 Å². The van der Waals surface area contributed by atoms with Gasteiger partial charge >= 0.3 is 6.18 Å². The molecule has 0 aliphatic carbocycles. The molecule has 2 aromatic carbocycles. The van der Waals surface area contributed by atoms with Crippen LogP contribution in [-0.4, -0.2) is 37.2 Å². The molecule has 0 bridgehead atoms. The lowest BCUT2D eigenvalue weighted by atomic mass is 10.1. The Morgan fingerprint density at radius 1 is 1.20 bits per heavy atom. The monoisotopic (exact) mass is 474 g/mol. The van der Waals surface area contributed by atoms with Crippen molar-refractivity contribution < 1.29 is 21.6 Å². The zero-order valence-electron chi connectivity index (χ0n) is 15.9. The number of nitrogens with zero attached hydrogens (tertiary/aromatic N) is 2. The normalized spacial score (nSPS) is 22.8. The number of rotatable bonds is 3. The van der Waals surface area contributed by atoms with Gasteiger partial charge < -0.3 is 4.90 Å². The number of aliphatic imine (C=N–C) groups is 1. The van der Waals surface area contributed by atoms with Crippen LogP contribution in [0.15, 0.2) is 47.5 Å². The summed E-state index contributed by atoms with van der Waals surface area (Å²) in [6.45, 7) is 1.98. The van der Waals surface area contributed by atoms with Crippen LogP contribution in [0.5, 0.6) is 0 Å². The molecule has 2 aromatic rings. The van der Waals surface area contributed by atoms with E-state index in [2.05, 4.69) is 4.99 Å². The SMILES string of the molecule is Cc1ccccc1CSC1=N[C@H]2CS(=O)(=O)C[C@@H]2N1c1cc(C(F)(F)F)ccc1Cl. The zero-order valence-corrected chi connectivity index (χ0v) is 18.2. The molecule has 10 heteroatoms. The molecule has 0 saturated carbocycles. The van der Waals surface area contributed by atoms with Crippen molar-refractivity contribution >= 4 is 44.1 Å². The summed E-state index contributed by atoms with van der Waals surface area (Å²) in [4.78, 5) is 6.15. The molecular formula is C20H18ClF3N2O2S2. The van der Waals surface area contributed by atoms with E-state index in [1.165, 1.54) is 17.8 Å². The Morgan fingerprint density at radius 2 is 1.93 bits per heavy atom. The van der Waals surface area contributed by atoms with Gasteiger partial charge in [-0.2, -0.15) is 13.2 Å². The minimum Gasteiger partial charge on any atom is -0.313 e. The van der Waals surface area contributed by atoms with Gasteiger partial charge in [-0.25, -0.2) is 8.42 Å². The number of aryl methyl sites for hydroxylation is 1. The van der Waals surface area contributed by atoms with E-state index in [-0.39, 0.29) is 22.2 Å². The van der Waals surface area contributed by atoms with Crippen LogP contribution in [0.25, 0.3) is 0 Å². The lowest BCUT2D eigenvalue weighted by Gasteiger charge is -2.28. The first-order chi connectivity index (χ1) is 14.0. The number of benzene rings is 2. The van der Waals surface area contributed by atoms with E-state index in [0.29, 0.717) is 10.9 Å². The Morgan fingerprint density at radius 3 is 2.63 bits per heavy atom. The molecule has 0 N–H and O–H groups in total. The fourth-order valence-corrected chi connectivity index (χ4v) is 6.95. The average Bonchev–Trinajstić information content (AvgIpc) is 3.11. The fraction of sp³-hybridized carbons (Fsp3) is 0.350. The first kappa shape index (κ1) is 21.5. The van der Waals surface area contributed by atoms with E-state index in [1.54, 1.807) is 4.90 Å². The van der Waals surface area contributed by atoms with Crippen LogP contribution in [-0.2, 0) is 21.8 Å². The summed E-state index contributed by atoms with van der Waals surface area (Å²) in [5.41, 5.74) is 1.46. The maximum absolute atomic E-state index is 13.3. The van der Waals surface area contributed by atoms with Crippen LogP contribution in [0, 0.1) is 6.92 Å². The molecule has 0 amide bonds. The van der Waals surface area contributed by atoms with E-state index < -0.39 is 33.7 Å². The van der Waals surface area contributed by atoms with Gasteiger partial charge in [-0.1, -0.05) is 47.6 Å². The predicted molar refractivity (Wildman–Crippen MR) is 115 cm³/mol. The standard InChI is InChI=1S/C20H18ClF3N2O2S2/c1-12-4-2-3-5-13(12)9-29-19-25-16-10-30(27,28)11-18(16)26(19)17-8-14(20(22,23)24)6-7-15(17)21/h2-8,16,18H,9-11H2,1H3/t16-,18-/m0/s1. The molecule has 1 fully saturated rings. The third kappa shape index (κ3) is 4.20. The van der Waals surface area contributed by atoms with Crippen molar-refractivity contribution in [3.05, 3.63) is 64.2 Å². The highest BCUT2D eigenvalue weighted by Gasteiger charge is 2.48. The summed E-state index contributed by atoms with van der Waals surface area (Å²) >= 11 is 7.65. The smallest absolute Gasteiger partial charge is 0.313 e. The lowest BCUT2D eigenvalue weighted by Crippen LogP contribution is -2.39. The fourth-order valence-electron chi connectivity index (χ4n) is 3.70. The Labute approximate surface area is 182 Å². The van der Waals surface area contributed by atoms with E-state index in [0.717, 1.165) is 23.3 Å². The van der Waals surface area contributed by atoms with Crippen molar-refractivity contribution in [2.45, 2.75) is 30.9 Å². The highest BCUT2D eigenvalue weighted by Crippen LogP contribution is 2.41. The minimum absolute atomic E-state index is 0.112. The second-order valence-corrected chi connectivity index (χ2v) is 10.9. The second-order valence-electron chi connectivity index (χ2n) is 7.37. The summed E-state index contributed by atoms with van der Waals surface area (Å²) in [5, 5.41) is 0.613. The van der Waals surface area contributed by atoms with Crippen molar-refractivity contribution in [2.24, 2.45) is 4.99 Å². The molecule has 2 aliphatic rings. The highest BCUT2D eigenvalue weighted by molar-refractivity contribution is 8.13. The molecule has 4 nitrogen and oxygen atoms in total. The van der Waals surface area contributed by atoms with Gasteiger partial charge in [0, 0.05) is 5.75 Å². The van der Waals surface area contributed by atoms with Gasteiger partial charge in [0.15, 0.2) is 15.0 Å². The number of hydrogen-bond acceptors (Lipinski definition) is 5. The van der Waals surface area contributed by atoms with Crippen LogP contribution in [0.3, 0.4) is 0 Å². The van der Waals surface area contributed by atoms with E-state index in [1.807, 2.05) is 31.2 Å². The number of alkyl halides is 3. The van der Waals surface area contributed by atoms with Crippen molar-refractivity contribution in [2.75, 3.05) is 16.4 Å². The van der Waals surface area contributed by atoms with Gasteiger partial charge in [0.25, 0.3) is 0 Å². The average molecular weight is 475 g/mol. The molecule has 1 saturated heterocycles. The topological polar surface area (TPSA) is 49.7 Å². The molecular weight excluding hydrogens is 457 g/mol. The molecule has 2 aliphatic heterocycles. The molecule has 2 atom stereocenters. The van der Waals surface area contributed by atoms with Crippen LogP contribution in [0.1, 0.15) is 16.7 Å². The minimum atomic E-state index is -4.54. The number of fused-ring (bicyclic) bond motifs is 1. The third-order valence-electron chi connectivity index (χ3n) is 5.26. The summed E-state index contributed by atoms with van der Waals surface area (Å²) in [7, 11) is -3.32. The van der Waals surface area contributed by atoms with Crippen molar-refractivity contribution in [1.29, 1.82) is 0 Å². The van der Waals surface area contributed by atoms with Crippen LogP contribution >= 0.6 is 23.4 Å². The maximum atomic E-state index is 13.3. The Balaban J connectivity index is 1.71. The molecule has 0 spiro atoms. The summed E-state index contributed by atoms with van der Waals surface area (Å²) < 4.78 is 64.2. The zero-order chi connectivity index (χ0) is 21.7. The molecule has 30 heavy (non-hydrogen) atoms. The van der Waals surface area contributed by atoms with Crippen LogP contribution in [0.4, 0.5) is 18.9 Å². The lowest BCUT2D eigenvalue weighted by molar-refractivity contribution is -0.137. The van der Waals surface area contributed by atoms with Gasteiger partial charge in [0.1, 0.15) is 0 Å². The van der Waals surface area contributed by atoms with Gasteiger partial charge in [0.2, 0.25) is 0 Å². The Bertz CT molecular complexity index is 1120. The molecule has 160 valence electrons. The van der Waals surface area contributed by atoms with Gasteiger partial charge in [0.05, 0.1) is 39.9 Å². The highest BCUT2D eigenvalue weighted by atomic mass is 35.5. The Kier molecular flexibility index (Phi) is 5.57. The van der Waals surface area contributed by atoms with Gasteiger partial charge in [-0.15, -0.1) is 0 Å². The van der Waals surface area contributed by atoms with Crippen molar-refractivity contribution in [1.82, 2.24) is 0 Å². The number of anilines is 1. The summed E-state index contributed by atoms with van der Waals surface area (Å²) in [6.07, 6.45) is -4.54. The van der Waals surface area contributed by atoms with Gasteiger partial charge in [-0.05, 0) is 36.2 Å². The van der Waals surface area contributed by atoms with E-state index in [9.17, 15) is 21.6 Å². The van der Waals surface area contributed by atoms with Crippen LogP contribution < -0.4 is 4.90 Å². The van der Waals surface area contributed by atoms with Gasteiger partial charge in [-0.3, -0.25) is 4.99 Å². The van der Waals surface area contributed by atoms with Crippen molar-refractivity contribution in [3.63, 3.8) is 0 Å². The second kappa shape index (κ2) is 7.76. The number of halogens is 4. The maximum Gasteiger partial charge on any atom is 0.416 e. The molecule has 0 unspecified atom stereocenters. The first-order valence-electron chi connectivity index (χ1n) is 9.17. The molecule has 0 aromatic heterocycles. The van der Waals surface area contributed by atoms with Crippen molar-refractivity contribution in [3.8, 4) is 0 Å². The quantitative estimate of drug-likeness (QED) is 0.632. The first-order valence-corrected chi connectivity index (χ1v) is 12.4.